The number of hydrogen-bond acceptors (Lipinski definition) is 1. The molecule has 0 radical (unpaired) electrons. The second-order valence-electron chi connectivity index (χ2n) is 5.65. The van der Waals surface area contributed by atoms with Crippen molar-refractivity contribution >= 4 is 11.6 Å². The summed E-state index contributed by atoms with van der Waals surface area (Å²) in [6, 6.07) is 4.70. The van der Waals surface area contributed by atoms with Crippen LogP contribution in [-0.4, -0.2) is 13.1 Å². The Kier molecular flexibility index (Phi) is 7.40. The van der Waals surface area contributed by atoms with Crippen LogP contribution in [0.2, 0.25) is 5.02 Å². The fourth-order valence-electron chi connectivity index (χ4n) is 2.26. The Morgan fingerprint density at radius 1 is 1.26 bits per heavy atom. The van der Waals surface area contributed by atoms with E-state index in [4.69, 9.17) is 11.6 Å². The lowest BCUT2D eigenvalue weighted by molar-refractivity contribution is 0.421. The summed E-state index contributed by atoms with van der Waals surface area (Å²) in [5, 5.41) is 4.05. The second-order valence-corrected chi connectivity index (χ2v) is 6.05. The molecule has 0 spiro atoms. The Morgan fingerprint density at radius 2 is 2.00 bits per heavy atom. The molecule has 19 heavy (non-hydrogen) atoms. The van der Waals surface area contributed by atoms with Crippen LogP contribution in [-0.2, 0) is 6.42 Å². The van der Waals surface area contributed by atoms with Crippen LogP contribution in [0.1, 0.15) is 39.2 Å². The number of benzene rings is 1. The fraction of sp³-hybridized carbons (Fsp3) is 0.625. The van der Waals surface area contributed by atoms with Gasteiger partial charge in [-0.1, -0.05) is 44.9 Å². The third-order valence-electron chi connectivity index (χ3n) is 3.21. The van der Waals surface area contributed by atoms with Crippen molar-refractivity contribution in [2.24, 2.45) is 11.8 Å². The molecule has 0 saturated carbocycles. The molecule has 1 atom stereocenters. The smallest absolute Gasteiger partial charge is 0.124 e. The second kappa shape index (κ2) is 8.55. The van der Waals surface area contributed by atoms with Crippen molar-refractivity contribution in [2.75, 3.05) is 13.1 Å². The van der Waals surface area contributed by atoms with Crippen LogP contribution in [0.3, 0.4) is 0 Å². The number of halogens is 2. The summed E-state index contributed by atoms with van der Waals surface area (Å²) in [4.78, 5) is 0. The molecule has 1 rings (SSSR count). The maximum Gasteiger partial charge on any atom is 0.124 e. The number of rotatable bonds is 8. The molecule has 3 heteroatoms. The molecule has 0 saturated heterocycles. The lowest BCUT2D eigenvalue weighted by Gasteiger charge is -2.18. The van der Waals surface area contributed by atoms with Crippen LogP contribution in [0.15, 0.2) is 18.2 Å². The summed E-state index contributed by atoms with van der Waals surface area (Å²) in [5.74, 6) is 0.960. The molecule has 0 heterocycles. The van der Waals surface area contributed by atoms with Crippen LogP contribution in [0.5, 0.6) is 0 Å². The highest BCUT2D eigenvalue weighted by atomic mass is 35.5. The van der Waals surface area contributed by atoms with Crippen LogP contribution in [0.4, 0.5) is 4.39 Å². The van der Waals surface area contributed by atoms with Crippen molar-refractivity contribution in [3.63, 3.8) is 0 Å². The number of nitrogens with one attached hydrogen (secondary N) is 1. The molecule has 0 fully saturated rings. The minimum atomic E-state index is -0.265. The summed E-state index contributed by atoms with van der Waals surface area (Å²) in [6.45, 7) is 8.65. The Balaban J connectivity index is 2.56. The average molecular weight is 286 g/mol. The van der Waals surface area contributed by atoms with Crippen molar-refractivity contribution < 1.29 is 4.39 Å². The highest BCUT2D eigenvalue weighted by Gasteiger charge is 2.11. The van der Waals surface area contributed by atoms with Crippen LogP contribution in [0.25, 0.3) is 0 Å². The summed E-state index contributed by atoms with van der Waals surface area (Å²) < 4.78 is 13.0. The average Bonchev–Trinajstić information content (AvgIpc) is 2.32. The lowest BCUT2D eigenvalue weighted by atomic mass is 9.94. The van der Waals surface area contributed by atoms with Gasteiger partial charge in [-0.15, -0.1) is 0 Å². The van der Waals surface area contributed by atoms with Crippen LogP contribution >= 0.6 is 11.6 Å². The molecule has 0 aliphatic carbocycles. The summed E-state index contributed by atoms with van der Waals surface area (Å²) >= 11 is 6.10. The molecular formula is C16H25ClFN. The minimum Gasteiger partial charge on any atom is -0.316 e. The molecule has 0 aliphatic rings. The van der Waals surface area contributed by atoms with Gasteiger partial charge in [0.2, 0.25) is 0 Å². The van der Waals surface area contributed by atoms with Crippen molar-refractivity contribution in [3.05, 3.63) is 34.6 Å². The van der Waals surface area contributed by atoms with Gasteiger partial charge in [0, 0.05) is 5.02 Å². The quantitative estimate of drug-likeness (QED) is 0.731. The third kappa shape index (κ3) is 6.40. The van der Waals surface area contributed by atoms with E-state index in [-0.39, 0.29) is 5.82 Å². The molecular weight excluding hydrogens is 261 g/mol. The Labute approximate surface area is 121 Å². The predicted octanol–water partition coefficient (Wildman–Crippen LogP) is 4.68. The lowest BCUT2D eigenvalue weighted by Crippen LogP contribution is -2.27. The zero-order valence-corrected chi connectivity index (χ0v) is 12.9. The monoisotopic (exact) mass is 285 g/mol. The highest BCUT2D eigenvalue weighted by Crippen LogP contribution is 2.22. The number of hydrogen-bond donors (Lipinski definition) is 1. The van der Waals surface area contributed by atoms with E-state index >= 15 is 0 Å². The topological polar surface area (TPSA) is 12.0 Å². The normalized spacial score (nSPS) is 12.9. The first-order chi connectivity index (χ1) is 9.02. The van der Waals surface area contributed by atoms with Gasteiger partial charge in [0.05, 0.1) is 0 Å². The van der Waals surface area contributed by atoms with E-state index in [1.807, 2.05) is 6.07 Å². The van der Waals surface area contributed by atoms with Gasteiger partial charge in [0.25, 0.3) is 0 Å². The van der Waals surface area contributed by atoms with E-state index in [1.54, 1.807) is 0 Å². The first-order valence-electron chi connectivity index (χ1n) is 7.17. The first-order valence-corrected chi connectivity index (χ1v) is 7.55. The molecule has 0 amide bonds. The molecule has 1 aromatic carbocycles. The van der Waals surface area contributed by atoms with E-state index in [9.17, 15) is 4.39 Å². The summed E-state index contributed by atoms with van der Waals surface area (Å²) in [7, 11) is 0. The largest absolute Gasteiger partial charge is 0.316 e. The third-order valence-corrected chi connectivity index (χ3v) is 3.56. The SMILES string of the molecule is CCCC(CNCC(C)C)Cc1ccc(F)cc1Cl. The van der Waals surface area contributed by atoms with Crippen LogP contribution in [0, 0.1) is 17.7 Å². The molecule has 1 unspecified atom stereocenters. The Hall–Kier alpha value is -0.600. The summed E-state index contributed by atoms with van der Waals surface area (Å²) in [5.41, 5.74) is 1.05. The van der Waals surface area contributed by atoms with Gasteiger partial charge in [-0.05, 0) is 55.5 Å². The summed E-state index contributed by atoms with van der Waals surface area (Å²) in [6.07, 6.45) is 3.24. The van der Waals surface area contributed by atoms with Crippen molar-refractivity contribution in [1.29, 1.82) is 0 Å². The Morgan fingerprint density at radius 3 is 2.58 bits per heavy atom. The maximum atomic E-state index is 13.0. The zero-order valence-electron chi connectivity index (χ0n) is 12.2. The van der Waals surface area contributed by atoms with Gasteiger partial charge in [-0.2, -0.15) is 0 Å². The fourth-order valence-corrected chi connectivity index (χ4v) is 2.50. The van der Waals surface area contributed by atoms with E-state index in [0.29, 0.717) is 16.9 Å². The molecule has 0 aliphatic heterocycles. The van der Waals surface area contributed by atoms with E-state index in [2.05, 4.69) is 26.1 Å². The molecule has 1 N–H and O–H groups in total. The van der Waals surface area contributed by atoms with Crippen molar-refractivity contribution in [3.8, 4) is 0 Å². The molecule has 0 bridgehead atoms. The van der Waals surface area contributed by atoms with Crippen molar-refractivity contribution in [2.45, 2.75) is 40.0 Å². The van der Waals surface area contributed by atoms with E-state index < -0.39 is 0 Å². The zero-order chi connectivity index (χ0) is 14.3. The first kappa shape index (κ1) is 16.5. The standard InChI is InChI=1S/C16H25ClFN/c1-4-5-13(11-19-10-12(2)3)8-14-6-7-15(18)9-16(14)17/h6-7,9,12-13,19H,4-5,8,10-11H2,1-3H3. The molecule has 1 aromatic rings. The van der Waals surface area contributed by atoms with Gasteiger partial charge < -0.3 is 5.32 Å². The van der Waals surface area contributed by atoms with Gasteiger partial charge in [-0.3, -0.25) is 0 Å². The van der Waals surface area contributed by atoms with E-state index in [0.717, 1.165) is 31.5 Å². The van der Waals surface area contributed by atoms with Gasteiger partial charge >= 0.3 is 0 Å². The maximum absolute atomic E-state index is 13.0. The molecule has 0 aromatic heterocycles. The molecule has 1 nitrogen and oxygen atoms in total. The van der Waals surface area contributed by atoms with Crippen molar-refractivity contribution in [1.82, 2.24) is 5.32 Å². The van der Waals surface area contributed by atoms with Gasteiger partial charge in [0.15, 0.2) is 0 Å². The van der Waals surface area contributed by atoms with Crippen LogP contribution < -0.4 is 5.32 Å². The van der Waals surface area contributed by atoms with Gasteiger partial charge in [0.1, 0.15) is 5.82 Å². The Bertz CT molecular complexity index is 379. The predicted molar refractivity (Wildman–Crippen MR) is 81.2 cm³/mol. The van der Waals surface area contributed by atoms with Gasteiger partial charge in [-0.25, -0.2) is 4.39 Å². The molecule has 108 valence electrons. The highest BCUT2D eigenvalue weighted by molar-refractivity contribution is 6.31. The minimum absolute atomic E-state index is 0.265. The van der Waals surface area contributed by atoms with E-state index in [1.165, 1.54) is 18.6 Å².